The highest BCUT2D eigenvalue weighted by atomic mass is 16.6. The maximum Gasteiger partial charge on any atom is 0.333 e. The topological polar surface area (TPSA) is 35.5 Å². The van der Waals surface area contributed by atoms with Gasteiger partial charge in [0.15, 0.2) is 0 Å². The molecule has 17 heavy (non-hydrogen) atoms. The van der Waals surface area contributed by atoms with E-state index < -0.39 is 0 Å². The number of ether oxygens (including phenoxy) is 2. The van der Waals surface area contributed by atoms with Gasteiger partial charge in [0, 0.05) is 5.57 Å². The van der Waals surface area contributed by atoms with Crippen molar-refractivity contribution in [3.8, 4) is 5.75 Å². The van der Waals surface area contributed by atoms with Crippen molar-refractivity contribution < 1.29 is 14.3 Å². The van der Waals surface area contributed by atoms with Crippen LogP contribution in [0.2, 0.25) is 0 Å². The molecule has 0 amide bonds. The average molecular weight is 234 g/mol. The van der Waals surface area contributed by atoms with Crippen LogP contribution in [0.15, 0.2) is 42.5 Å². The third-order valence-corrected chi connectivity index (χ3v) is 2.26. The van der Waals surface area contributed by atoms with Crippen molar-refractivity contribution in [2.45, 2.75) is 26.4 Å². The van der Waals surface area contributed by atoms with E-state index in [4.69, 9.17) is 9.47 Å². The van der Waals surface area contributed by atoms with Crippen molar-refractivity contribution in [2.75, 3.05) is 6.61 Å². The van der Waals surface area contributed by atoms with Crippen LogP contribution >= 0.6 is 0 Å². The van der Waals surface area contributed by atoms with Crippen molar-refractivity contribution in [2.24, 2.45) is 0 Å². The van der Waals surface area contributed by atoms with E-state index in [1.54, 1.807) is 6.92 Å². The number of hydrogen-bond acceptors (Lipinski definition) is 3. The third-order valence-electron chi connectivity index (χ3n) is 2.26. The van der Waals surface area contributed by atoms with E-state index in [0.29, 0.717) is 18.6 Å². The average Bonchev–Trinajstić information content (AvgIpc) is 2.35. The Morgan fingerprint density at radius 1 is 1.35 bits per heavy atom. The summed E-state index contributed by atoms with van der Waals surface area (Å²) in [5, 5.41) is 0. The van der Waals surface area contributed by atoms with Gasteiger partial charge < -0.3 is 9.47 Å². The maximum absolute atomic E-state index is 11.3. The Kier molecular flexibility index (Phi) is 5.27. The molecule has 3 heteroatoms. The zero-order chi connectivity index (χ0) is 12.7. The first kappa shape index (κ1) is 13.3. The van der Waals surface area contributed by atoms with Gasteiger partial charge in [0.1, 0.15) is 18.5 Å². The molecular weight excluding hydrogens is 216 g/mol. The predicted molar refractivity (Wildman–Crippen MR) is 66.9 cm³/mol. The highest BCUT2D eigenvalue weighted by molar-refractivity contribution is 5.87. The Labute approximate surface area is 102 Å². The molecular formula is C14H18O3. The largest absolute Gasteiger partial charge is 0.490 e. The second kappa shape index (κ2) is 6.74. The fourth-order valence-electron chi connectivity index (χ4n) is 1.19. The van der Waals surface area contributed by atoms with Crippen LogP contribution in [0.4, 0.5) is 0 Å². The Morgan fingerprint density at radius 2 is 2.00 bits per heavy atom. The molecule has 0 radical (unpaired) electrons. The molecule has 0 aliphatic carbocycles. The Balaban J connectivity index is 2.43. The molecule has 1 aromatic carbocycles. The lowest BCUT2D eigenvalue weighted by atomic mass is 10.3. The number of carbonyl (C=O) groups excluding carboxylic acids is 1. The van der Waals surface area contributed by atoms with Gasteiger partial charge in [-0.1, -0.05) is 31.7 Å². The summed E-state index contributed by atoms with van der Waals surface area (Å²) in [6.45, 7) is 7.49. The van der Waals surface area contributed by atoms with Crippen LogP contribution in [0.5, 0.6) is 5.75 Å². The quantitative estimate of drug-likeness (QED) is 0.560. The van der Waals surface area contributed by atoms with Crippen LogP contribution in [-0.4, -0.2) is 18.7 Å². The van der Waals surface area contributed by atoms with Crippen molar-refractivity contribution >= 4 is 5.97 Å². The number of rotatable bonds is 6. The normalized spacial score (nSPS) is 11.6. The highest BCUT2D eigenvalue weighted by Gasteiger charge is 2.13. The first-order chi connectivity index (χ1) is 8.13. The molecule has 0 aromatic heterocycles. The maximum atomic E-state index is 11.3. The minimum atomic E-state index is -0.367. The smallest absolute Gasteiger partial charge is 0.333 e. The van der Waals surface area contributed by atoms with E-state index in [2.05, 4.69) is 6.58 Å². The number of carbonyl (C=O) groups is 1. The Morgan fingerprint density at radius 3 is 2.53 bits per heavy atom. The van der Waals surface area contributed by atoms with Gasteiger partial charge in [0.25, 0.3) is 0 Å². The van der Waals surface area contributed by atoms with E-state index in [0.717, 1.165) is 5.75 Å². The fraction of sp³-hybridized carbons (Fsp3) is 0.357. The molecule has 0 saturated carbocycles. The minimum Gasteiger partial charge on any atom is -0.490 e. The van der Waals surface area contributed by atoms with Gasteiger partial charge in [-0.2, -0.15) is 0 Å². The van der Waals surface area contributed by atoms with E-state index in [1.807, 2.05) is 37.3 Å². The molecule has 0 bridgehead atoms. The van der Waals surface area contributed by atoms with Crippen molar-refractivity contribution in [1.29, 1.82) is 0 Å². The SMILES string of the molecule is C=C(C)C(=O)OC(CC)COc1ccccc1. The summed E-state index contributed by atoms with van der Waals surface area (Å²) in [5.41, 5.74) is 0.406. The van der Waals surface area contributed by atoms with Gasteiger partial charge in [-0.25, -0.2) is 4.79 Å². The van der Waals surface area contributed by atoms with Crippen LogP contribution < -0.4 is 4.74 Å². The molecule has 1 unspecified atom stereocenters. The summed E-state index contributed by atoms with van der Waals surface area (Å²) < 4.78 is 10.8. The highest BCUT2D eigenvalue weighted by Crippen LogP contribution is 2.11. The van der Waals surface area contributed by atoms with Crippen LogP contribution in [0.3, 0.4) is 0 Å². The lowest BCUT2D eigenvalue weighted by Crippen LogP contribution is -2.24. The molecule has 0 spiro atoms. The second-order valence-electron chi connectivity index (χ2n) is 3.84. The summed E-state index contributed by atoms with van der Waals surface area (Å²) in [6, 6.07) is 9.46. The molecule has 92 valence electrons. The molecule has 1 rings (SSSR count). The summed E-state index contributed by atoms with van der Waals surface area (Å²) in [4.78, 5) is 11.3. The van der Waals surface area contributed by atoms with Gasteiger partial charge >= 0.3 is 5.97 Å². The zero-order valence-electron chi connectivity index (χ0n) is 10.3. The molecule has 0 aliphatic heterocycles. The molecule has 1 atom stereocenters. The van der Waals surface area contributed by atoms with E-state index >= 15 is 0 Å². The molecule has 0 fully saturated rings. The van der Waals surface area contributed by atoms with Gasteiger partial charge in [0.2, 0.25) is 0 Å². The van der Waals surface area contributed by atoms with E-state index in [9.17, 15) is 4.79 Å². The molecule has 1 aromatic rings. The summed E-state index contributed by atoms with van der Waals surface area (Å²) in [6.07, 6.45) is 0.477. The monoisotopic (exact) mass is 234 g/mol. The van der Waals surface area contributed by atoms with Crippen LogP contribution in [0.25, 0.3) is 0 Å². The van der Waals surface area contributed by atoms with Crippen LogP contribution in [0.1, 0.15) is 20.3 Å². The number of para-hydroxylation sites is 1. The lowest BCUT2D eigenvalue weighted by molar-refractivity contribution is -0.145. The number of hydrogen-bond donors (Lipinski definition) is 0. The minimum absolute atomic E-state index is 0.237. The number of benzene rings is 1. The van der Waals surface area contributed by atoms with Crippen molar-refractivity contribution in [3.63, 3.8) is 0 Å². The van der Waals surface area contributed by atoms with E-state index in [-0.39, 0.29) is 12.1 Å². The molecule has 0 aliphatic rings. The Bertz CT molecular complexity index is 370. The summed E-state index contributed by atoms with van der Waals surface area (Å²) >= 11 is 0. The first-order valence-electron chi connectivity index (χ1n) is 5.67. The van der Waals surface area contributed by atoms with Gasteiger partial charge in [-0.05, 0) is 25.5 Å². The van der Waals surface area contributed by atoms with Crippen LogP contribution in [-0.2, 0) is 9.53 Å². The second-order valence-corrected chi connectivity index (χ2v) is 3.84. The third kappa shape index (κ3) is 4.72. The molecule has 0 N–H and O–H groups in total. The predicted octanol–water partition coefficient (Wildman–Crippen LogP) is 2.96. The molecule has 0 saturated heterocycles. The molecule has 0 heterocycles. The zero-order valence-corrected chi connectivity index (χ0v) is 10.3. The summed E-state index contributed by atoms with van der Waals surface area (Å²) in [7, 11) is 0. The van der Waals surface area contributed by atoms with Gasteiger partial charge in [-0.15, -0.1) is 0 Å². The number of esters is 1. The van der Waals surface area contributed by atoms with Gasteiger partial charge in [-0.3, -0.25) is 0 Å². The van der Waals surface area contributed by atoms with Crippen molar-refractivity contribution in [1.82, 2.24) is 0 Å². The van der Waals surface area contributed by atoms with Crippen LogP contribution in [0, 0.1) is 0 Å². The van der Waals surface area contributed by atoms with Crippen molar-refractivity contribution in [3.05, 3.63) is 42.5 Å². The summed E-state index contributed by atoms with van der Waals surface area (Å²) in [5.74, 6) is 0.408. The Hall–Kier alpha value is -1.77. The lowest BCUT2D eigenvalue weighted by Gasteiger charge is -2.16. The fourth-order valence-corrected chi connectivity index (χ4v) is 1.19. The van der Waals surface area contributed by atoms with E-state index in [1.165, 1.54) is 0 Å². The standard InChI is InChI=1S/C14H18O3/c1-4-12(17-14(15)11(2)3)10-16-13-8-6-5-7-9-13/h5-9,12H,2,4,10H2,1,3H3. The van der Waals surface area contributed by atoms with Gasteiger partial charge in [0.05, 0.1) is 0 Å². The molecule has 3 nitrogen and oxygen atoms in total. The first-order valence-corrected chi connectivity index (χ1v) is 5.67.